The molecule has 0 saturated carbocycles. The first kappa shape index (κ1) is 13.8. The van der Waals surface area contributed by atoms with Crippen LogP contribution in [0.15, 0.2) is 24.3 Å². The molecule has 0 spiro atoms. The molecule has 2 N–H and O–H groups in total. The molecule has 2 rings (SSSR count). The zero-order valence-electron chi connectivity index (χ0n) is 11.5. The van der Waals surface area contributed by atoms with Gasteiger partial charge in [-0.05, 0) is 25.6 Å². The number of methoxy groups -OCH3 is 1. The lowest BCUT2D eigenvalue weighted by molar-refractivity contribution is -0.122. The molecule has 1 fully saturated rings. The van der Waals surface area contributed by atoms with E-state index in [0.29, 0.717) is 13.1 Å². The van der Waals surface area contributed by atoms with Crippen molar-refractivity contribution in [2.45, 2.75) is 12.5 Å². The van der Waals surface area contributed by atoms with Crippen LogP contribution in [-0.2, 0) is 4.79 Å². The van der Waals surface area contributed by atoms with Gasteiger partial charge in [-0.25, -0.2) is 0 Å². The number of carbonyl (C=O) groups excluding carboxylic acids is 1. The molecule has 5 nitrogen and oxygen atoms in total. The van der Waals surface area contributed by atoms with Crippen LogP contribution in [0.5, 0.6) is 5.75 Å². The van der Waals surface area contributed by atoms with Gasteiger partial charge in [0.2, 0.25) is 5.91 Å². The van der Waals surface area contributed by atoms with E-state index in [1.165, 1.54) is 0 Å². The van der Waals surface area contributed by atoms with E-state index in [-0.39, 0.29) is 11.9 Å². The summed E-state index contributed by atoms with van der Waals surface area (Å²) in [5.74, 6) is 0.822. The van der Waals surface area contributed by atoms with Crippen molar-refractivity contribution in [3.63, 3.8) is 0 Å². The molecule has 1 heterocycles. The lowest BCUT2D eigenvalue weighted by Gasteiger charge is -2.27. The van der Waals surface area contributed by atoms with Crippen molar-refractivity contribution in [3.05, 3.63) is 24.3 Å². The van der Waals surface area contributed by atoms with Crippen LogP contribution in [0.3, 0.4) is 0 Å². The first-order valence-electron chi connectivity index (χ1n) is 6.53. The van der Waals surface area contributed by atoms with Gasteiger partial charge in [0.25, 0.3) is 0 Å². The number of likely N-dealkylation sites (N-methyl/N-ethyl adjacent to an activating group) is 1. The SMILES string of the molecule is COc1cccc(N2CCCN(C)C(CN)C2=O)c1. The molecule has 0 aliphatic carbocycles. The molecule has 1 aliphatic rings. The van der Waals surface area contributed by atoms with E-state index in [2.05, 4.69) is 0 Å². The van der Waals surface area contributed by atoms with E-state index in [9.17, 15) is 4.79 Å². The maximum atomic E-state index is 12.6. The fourth-order valence-electron chi connectivity index (χ4n) is 2.43. The molecule has 104 valence electrons. The van der Waals surface area contributed by atoms with Crippen molar-refractivity contribution >= 4 is 11.6 Å². The summed E-state index contributed by atoms with van der Waals surface area (Å²) < 4.78 is 5.21. The van der Waals surface area contributed by atoms with E-state index < -0.39 is 0 Å². The Labute approximate surface area is 113 Å². The van der Waals surface area contributed by atoms with E-state index in [4.69, 9.17) is 10.5 Å². The fourth-order valence-corrected chi connectivity index (χ4v) is 2.43. The van der Waals surface area contributed by atoms with E-state index in [1.807, 2.05) is 41.1 Å². The standard InChI is InChI=1S/C14H21N3O2/c1-16-7-4-8-17(14(18)13(16)10-15)11-5-3-6-12(9-11)19-2/h3,5-6,9,13H,4,7-8,10,15H2,1-2H3. The summed E-state index contributed by atoms with van der Waals surface area (Å²) in [7, 11) is 3.57. The van der Waals surface area contributed by atoms with Crippen LogP contribution in [0.25, 0.3) is 0 Å². The maximum Gasteiger partial charge on any atom is 0.245 e. The summed E-state index contributed by atoms with van der Waals surface area (Å²) in [6.07, 6.45) is 0.940. The molecular weight excluding hydrogens is 242 g/mol. The number of carbonyl (C=O) groups is 1. The quantitative estimate of drug-likeness (QED) is 0.871. The van der Waals surface area contributed by atoms with Gasteiger partial charge < -0.3 is 15.4 Å². The zero-order valence-corrected chi connectivity index (χ0v) is 11.5. The first-order valence-corrected chi connectivity index (χ1v) is 6.53. The topological polar surface area (TPSA) is 58.8 Å². The maximum absolute atomic E-state index is 12.6. The Morgan fingerprint density at radius 3 is 2.89 bits per heavy atom. The zero-order chi connectivity index (χ0) is 13.8. The van der Waals surface area contributed by atoms with E-state index in [0.717, 1.165) is 24.4 Å². The van der Waals surface area contributed by atoms with Gasteiger partial charge in [-0.15, -0.1) is 0 Å². The van der Waals surface area contributed by atoms with Gasteiger partial charge >= 0.3 is 0 Å². The molecule has 1 amide bonds. The van der Waals surface area contributed by atoms with Gasteiger partial charge in [-0.2, -0.15) is 0 Å². The minimum atomic E-state index is -0.242. The van der Waals surface area contributed by atoms with E-state index >= 15 is 0 Å². The van der Waals surface area contributed by atoms with Gasteiger partial charge in [-0.1, -0.05) is 6.07 Å². The number of anilines is 1. The molecule has 5 heteroatoms. The molecule has 1 unspecified atom stereocenters. The second-order valence-electron chi connectivity index (χ2n) is 4.78. The molecule has 1 atom stereocenters. The smallest absolute Gasteiger partial charge is 0.245 e. The second kappa shape index (κ2) is 6.04. The van der Waals surface area contributed by atoms with Crippen LogP contribution >= 0.6 is 0 Å². The largest absolute Gasteiger partial charge is 0.497 e. The molecule has 1 aromatic carbocycles. The highest BCUT2D eigenvalue weighted by Crippen LogP contribution is 2.23. The fraction of sp³-hybridized carbons (Fsp3) is 0.500. The molecule has 1 aromatic rings. The van der Waals surface area contributed by atoms with Gasteiger partial charge in [0.05, 0.1) is 7.11 Å². The highest BCUT2D eigenvalue weighted by atomic mass is 16.5. The van der Waals surface area contributed by atoms with Crippen molar-refractivity contribution in [3.8, 4) is 5.75 Å². The number of ether oxygens (including phenoxy) is 1. The summed E-state index contributed by atoms with van der Waals surface area (Å²) in [6, 6.07) is 7.34. The van der Waals surface area contributed by atoms with Crippen LogP contribution in [0.4, 0.5) is 5.69 Å². The number of hydrogen-bond acceptors (Lipinski definition) is 4. The minimum absolute atomic E-state index is 0.0655. The third-order valence-corrected chi connectivity index (χ3v) is 3.56. The summed E-state index contributed by atoms with van der Waals surface area (Å²) in [5, 5.41) is 0. The minimum Gasteiger partial charge on any atom is -0.497 e. The molecular formula is C14H21N3O2. The Hall–Kier alpha value is -1.59. The number of hydrogen-bond donors (Lipinski definition) is 1. The number of rotatable bonds is 3. The van der Waals surface area contributed by atoms with Crippen LogP contribution in [0.1, 0.15) is 6.42 Å². The van der Waals surface area contributed by atoms with Crippen LogP contribution < -0.4 is 15.4 Å². The average Bonchev–Trinajstić information content (AvgIpc) is 2.57. The Kier molecular flexibility index (Phi) is 4.39. The molecule has 19 heavy (non-hydrogen) atoms. The van der Waals surface area contributed by atoms with Gasteiger partial charge in [-0.3, -0.25) is 9.69 Å². The molecule has 0 aromatic heterocycles. The summed E-state index contributed by atoms with van der Waals surface area (Å²) in [5.41, 5.74) is 6.61. The predicted octanol–water partition coefficient (Wildman–Crippen LogP) is 0.691. The van der Waals surface area contributed by atoms with Crippen LogP contribution in [0, 0.1) is 0 Å². The van der Waals surface area contributed by atoms with Crippen LogP contribution in [-0.4, -0.2) is 50.6 Å². The lowest BCUT2D eigenvalue weighted by atomic mass is 10.2. The highest BCUT2D eigenvalue weighted by molar-refractivity contribution is 5.97. The summed E-state index contributed by atoms with van der Waals surface area (Å²) in [4.78, 5) is 16.4. The molecule has 0 bridgehead atoms. The van der Waals surface area contributed by atoms with Gasteiger partial charge in [0, 0.05) is 31.4 Å². The third-order valence-electron chi connectivity index (χ3n) is 3.56. The number of nitrogens with two attached hydrogens (primary N) is 1. The monoisotopic (exact) mass is 263 g/mol. The van der Waals surface area contributed by atoms with E-state index in [1.54, 1.807) is 7.11 Å². The third kappa shape index (κ3) is 2.88. The number of nitrogens with zero attached hydrogens (tertiary/aromatic N) is 2. The molecule has 1 aliphatic heterocycles. The normalized spacial score (nSPS) is 21.3. The van der Waals surface area contributed by atoms with Crippen molar-refractivity contribution in [2.75, 3.05) is 38.7 Å². The van der Waals surface area contributed by atoms with Crippen molar-refractivity contribution < 1.29 is 9.53 Å². The number of amides is 1. The summed E-state index contributed by atoms with van der Waals surface area (Å²) in [6.45, 7) is 1.94. The van der Waals surface area contributed by atoms with Crippen molar-refractivity contribution in [1.82, 2.24) is 4.90 Å². The molecule has 1 saturated heterocycles. The van der Waals surface area contributed by atoms with Gasteiger partial charge in [0.1, 0.15) is 11.8 Å². The first-order chi connectivity index (χ1) is 9.17. The lowest BCUT2D eigenvalue weighted by Crippen LogP contribution is -2.48. The predicted molar refractivity (Wildman–Crippen MR) is 75.4 cm³/mol. The Balaban J connectivity index is 2.29. The Morgan fingerprint density at radius 1 is 1.42 bits per heavy atom. The molecule has 0 radical (unpaired) electrons. The van der Waals surface area contributed by atoms with Gasteiger partial charge in [0.15, 0.2) is 0 Å². The second-order valence-corrected chi connectivity index (χ2v) is 4.78. The average molecular weight is 263 g/mol. The Bertz CT molecular complexity index is 450. The van der Waals surface area contributed by atoms with Crippen molar-refractivity contribution in [1.29, 1.82) is 0 Å². The number of benzene rings is 1. The van der Waals surface area contributed by atoms with Crippen LogP contribution in [0.2, 0.25) is 0 Å². The Morgan fingerprint density at radius 2 is 2.21 bits per heavy atom. The van der Waals surface area contributed by atoms with Crippen molar-refractivity contribution in [2.24, 2.45) is 5.73 Å². The summed E-state index contributed by atoms with van der Waals surface area (Å²) >= 11 is 0. The highest BCUT2D eigenvalue weighted by Gasteiger charge is 2.30.